The van der Waals surface area contributed by atoms with E-state index in [0.29, 0.717) is 12.1 Å². The summed E-state index contributed by atoms with van der Waals surface area (Å²) in [6.07, 6.45) is -11.1. The number of hydrogen-bond acceptors (Lipinski definition) is 3. The van der Waals surface area contributed by atoms with Gasteiger partial charge in [-0.3, -0.25) is 4.79 Å². The maximum absolute atomic E-state index is 12.8. The van der Waals surface area contributed by atoms with Crippen LogP contribution < -0.4 is 0 Å². The first-order chi connectivity index (χ1) is 10.0. The number of carbonyl (C=O) groups is 1. The Balaban J connectivity index is 3.51. The third-order valence-electron chi connectivity index (χ3n) is 2.57. The number of esters is 1. The summed E-state index contributed by atoms with van der Waals surface area (Å²) in [5.74, 6) is -0.964. The summed E-state index contributed by atoms with van der Waals surface area (Å²) in [4.78, 5) is 11.2. The molecule has 1 aromatic rings. The quantitative estimate of drug-likeness (QED) is 0.629. The van der Waals surface area contributed by atoms with Gasteiger partial charge in [0.1, 0.15) is 6.07 Å². The van der Waals surface area contributed by atoms with Crippen LogP contribution in [0.25, 0.3) is 0 Å². The summed E-state index contributed by atoms with van der Waals surface area (Å²) in [5.41, 5.74) is -5.52. The standard InChI is InChI=1S/C13H9F6NO2/c1-2-22-11(21)5-7-3-9(12(14,15)16)8(6-20)10(4-7)13(17,18)19/h3-4H,2,5H2,1H3. The average Bonchev–Trinajstić information content (AvgIpc) is 2.35. The molecule has 1 rings (SSSR count). The zero-order valence-corrected chi connectivity index (χ0v) is 11.1. The first-order valence-corrected chi connectivity index (χ1v) is 5.87. The number of ether oxygens (including phenoxy) is 1. The molecule has 0 spiro atoms. The molecule has 0 unspecified atom stereocenters. The van der Waals surface area contributed by atoms with Crippen LogP contribution in [0.4, 0.5) is 26.3 Å². The van der Waals surface area contributed by atoms with Gasteiger partial charge >= 0.3 is 18.3 Å². The molecule has 0 atom stereocenters. The molecular formula is C13H9F6NO2. The fraction of sp³-hybridized carbons (Fsp3) is 0.385. The summed E-state index contributed by atoms with van der Waals surface area (Å²) >= 11 is 0. The molecule has 22 heavy (non-hydrogen) atoms. The first-order valence-electron chi connectivity index (χ1n) is 5.87. The number of hydrogen-bond donors (Lipinski definition) is 0. The molecule has 0 fully saturated rings. The predicted octanol–water partition coefficient (Wildman–Crippen LogP) is 3.70. The molecule has 0 aliphatic carbocycles. The van der Waals surface area contributed by atoms with Gasteiger partial charge in [0.15, 0.2) is 0 Å². The van der Waals surface area contributed by atoms with Crippen molar-refractivity contribution >= 4 is 5.97 Å². The van der Waals surface area contributed by atoms with Gasteiger partial charge in [0.05, 0.1) is 29.7 Å². The number of rotatable bonds is 3. The van der Waals surface area contributed by atoms with Crippen molar-refractivity contribution in [2.45, 2.75) is 25.7 Å². The Morgan fingerprint density at radius 1 is 1.14 bits per heavy atom. The molecule has 0 saturated carbocycles. The Morgan fingerprint density at radius 2 is 1.59 bits per heavy atom. The summed E-state index contributed by atoms with van der Waals surface area (Å²) in [7, 11) is 0. The van der Waals surface area contributed by atoms with E-state index in [2.05, 4.69) is 4.74 Å². The van der Waals surface area contributed by atoms with E-state index >= 15 is 0 Å². The summed E-state index contributed by atoms with van der Waals surface area (Å²) in [6.45, 7) is 1.38. The Hall–Kier alpha value is -2.24. The number of nitrogens with zero attached hydrogens (tertiary/aromatic N) is 1. The lowest BCUT2D eigenvalue weighted by Crippen LogP contribution is -2.17. The second kappa shape index (κ2) is 6.25. The lowest BCUT2D eigenvalue weighted by Gasteiger charge is -2.16. The zero-order chi connectivity index (χ0) is 17.1. The third-order valence-corrected chi connectivity index (χ3v) is 2.57. The molecule has 120 valence electrons. The highest BCUT2D eigenvalue weighted by molar-refractivity contribution is 5.73. The van der Waals surface area contributed by atoms with Crippen molar-refractivity contribution in [2.24, 2.45) is 0 Å². The maximum Gasteiger partial charge on any atom is 0.417 e. The Labute approximate surface area is 121 Å². The lowest BCUT2D eigenvalue weighted by atomic mass is 9.96. The minimum Gasteiger partial charge on any atom is -0.466 e. The molecule has 0 amide bonds. The van der Waals surface area contributed by atoms with Crippen molar-refractivity contribution in [3.8, 4) is 6.07 Å². The fourth-order valence-electron chi connectivity index (χ4n) is 1.75. The molecule has 0 N–H and O–H groups in total. The van der Waals surface area contributed by atoms with Crippen molar-refractivity contribution in [3.05, 3.63) is 34.4 Å². The van der Waals surface area contributed by atoms with Crippen LogP contribution in [0.5, 0.6) is 0 Å². The number of carbonyl (C=O) groups excluding carboxylic acids is 1. The van der Waals surface area contributed by atoms with Gasteiger partial charge in [0, 0.05) is 0 Å². The summed E-state index contributed by atoms with van der Waals surface area (Å²) in [6, 6.07) is 1.63. The third kappa shape index (κ3) is 4.13. The van der Waals surface area contributed by atoms with Gasteiger partial charge < -0.3 is 4.74 Å². The van der Waals surface area contributed by atoms with Crippen molar-refractivity contribution in [3.63, 3.8) is 0 Å². The number of alkyl halides is 6. The topological polar surface area (TPSA) is 50.1 Å². The molecule has 3 nitrogen and oxygen atoms in total. The SMILES string of the molecule is CCOC(=O)Cc1cc(C(F)(F)F)c(C#N)c(C(F)(F)F)c1. The van der Waals surface area contributed by atoms with E-state index in [9.17, 15) is 31.1 Å². The second-order valence-electron chi connectivity index (χ2n) is 4.16. The van der Waals surface area contributed by atoms with Crippen LogP contribution in [0.1, 0.15) is 29.2 Å². The van der Waals surface area contributed by atoms with Gasteiger partial charge in [0.25, 0.3) is 0 Å². The minimum atomic E-state index is -5.16. The van der Waals surface area contributed by atoms with Crippen LogP contribution in [0.3, 0.4) is 0 Å². The Kier molecular flexibility index (Phi) is 5.06. The number of nitriles is 1. The molecule has 9 heteroatoms. The number of halogens is 6. The Morgan fingerprint density at radius 3 is 1.91 bits per heavy atom. The van der Waals surface area contributed by atoms with E-state index in [1.54, 1.807) is 0 Å². The lowest BCUT2D eigenvalue weighted by molar-refractivity contribution is -0.145. The fourth-order valence-corrected chi connectivity index (χ4v) is 1.75. The van der Waals surface area contributed by atoms with Crippen LogP contribution in [0, 0.1) is 11.3 Å². The number of benzene rings is 1. The van der Waals surface area contributed by atoms with E-state index in [1.807, 2.05) is 0 Å². The van der Waals surface area contributed by atoms with E-state index in [4.69, 9.17) is 5.26 Å². The average molecular weight is 325 g/mol. The predicted molar refractivity (Wildman–Crippen MR) is 61.5 cm³/mol. The van der Waals surface area contributed by atoms with Gasteiger partial charge in [-0.15, -0.1) is 0 Å². The van der Waals surface area contributed by atoms with E-state index in [-0.39, 0.29) is 6.61 Å². The molecule has 0 aliphatic heterocycles. The smallest absolute Gasteiger partial charge is 0.417 e. The van der Waals surface area contributed by atoms with Crippen molar-refractivity contribution in [2.75, 3.05) is 6.61 Å². The monoisotopic (exact) mass is 325 g/mol. The highest BCUT2D eigenvalue weighted by atomic mass is 19.4. The summed E-state index contributed by atoms with van der Waals surface area (Å²) in [5, 5.41) is 8.64. The normalized spacial score (nSPS) is 11.9. The van der Waals surface area contributed by atoms with Gasteiger partial charge in [-0.1, -0.05) is 0 Å². The highest BCUT2D eigenvalue weighted by Crippen LogP contribution is 2.40. The molecule has 1 aromatic carbocycles. The van der Waals surface area contributed by atoms with Gasteiger partial charge in [-0.05, 0) is 24.6 Å². The molecule has 0 radical (unpaired) electrons. The summed E-state index contributed by atoms with van der Waals surface area (Å²) < 4.78 is 81.5. The van der Waals surface area contributed by atoms with Gasteiger partial charge in [-0.25, -0.2) is 0 Å². The van der Waals surface area contributed by atoms with Crippen LogP contribution in [0.2, 0.25) is 0 Å². The molecule has 0 aromatic heterocycles. The van der Waals surface area contributed by atoms with Crippen LogP contribution in [0.15, 0.2) is 12.1 Å². The largest absolute Gasteiger partial charge is 0.466 e. The maximum atomic E-state index is 12.8. The molecule has 0 heterocycles. The molecule has 0 aliphatic rings. The Bertz CT molecular complexity index is 577. The van der Waals surface area contributed by atoms with E-state index in [0.717, 1.165) is 6.07 Å². The van der Waals surface area contributed by atoms with Crippen LogP contribution in [-0.4, -0.2) is 12.6 Å². The highest BCUT2D eigenvalue weighted by Gasteiger charge is 2.41. The first kappa shape index (κ1) is 17.8. The van der Waals surface area contributed by atoms with Crippen LogP contribution >= 0.6 is 0 Å². The molecular weight excluding hydrogens is 316 g/mol. The van der Waals surface area contributed by atoms with Crippen LogP contribution in [-0.2, 0) is 28.3 Å². The van der Waals surface area contributed by atoms with Gasteiger partial charge in [-0.2, -0.15) is 31.6 Å². The second-order valence-corrected chi connectivity index (χ2v) is 4.16. The molecule has 0 bridgehead atoms. The zero-order valence-electron chi connectivity index (χ0n) is 11.1. The van der Waals surface area contributed by atoms with Crippen molar-refractivity contribution in [1.82, 2.24) is 0 Å². The van der Waals surface area contributed by atoms with E-state index in [1.165, 1.54) is 6.92 Å². The minimum absolute atomic E-state index is 0.0621. The van der Waals surface area contributed by atoms with Crippen molar-refractivity contribution < 1.29 is 35.9 Å². The van der Waals surface area contributed by atoms with E-state index < -0.39 is 47.0 Å². The van der Waals surface area contributed by atoms with Crippen molar-refractivity contribution in [1.29, 1.82) is 5.26 Å². The molecule has 0 saturated heterocycles. The van der Waals surface area contributed by atoms with Gasteiger partial charge in [0.2, 0.25) is 0 Å².